The lowest BCUT2D eigenvalue weighted by atomic mass is 10.0. The second kappa shape index (κ2) is 11.5. The fraction of sp³-hybridized carbons (Fsp3) is 0.407. The fourth-order valence-corrected chi connectivity index (χ4v) is 7.09. The van der Waals surface area contributed by atoms with E-state index in [9.17, 15) is 18.0 Å². The van der Waals surface area contributed by atoms with Gasteiger partial charge in [0.1, 0.15) is 10.8 Å². The van der Waals surface area contributed by atoms with Gasteiger partial charge in [0.25, 0.3) is 0 Å². The number of amides is 2. The molecule has 2 amide bonds. The Morgan fingerprint density at radius 3 is 2.67 bits per heavy atom. The number of sulfone groups is 1. The smallest absolute Gasteiger partial charge is 0.245 e. The van der Waals surface area contributed by atoms with E-state index in [1.165, 1.54) is 13.2 Å². The van der Waals surface area contributed by atoms with Crippen molar-refractivity contribution >= 4 is 54.5 Å². The Bertz CT molecular complexity index is 1520. The van der Waals surface area contributed by atoms with Gasteiger partial charge in [-0.2, -0.15) is 0 Å². The van der Waals surface area contributed by atoms with Crippen LogP contribution >= 0.6 is 11.3 Å². The van der Waals surface area contributed by atoms with Crippen LogP contribution in [0, 0.1) is 11.7 Å². The van der Waals surface area contributed by atoms with Crippen LogP contribution in [0.1, 0.15) is 41.5 Å². The van der Waals surface area contributed by atoms with Gasteiger partial charge in [-0.3, -0.25) is 14.6 Å². The number of allylic oxidation sites excluding steroid dienone is 5. The average molecular weight is 573 g/mol. The van der Waals surface area contributed by atoms with Gasteiger partial charge in [0.05, 0.1) is 29.1 Å². The van der Waals surface area contributed by atoms with Crippen LogP contribution in [0.25, 0.3) is 15.8 Å². The van der Waals surface area contributed by atoms with Crippen molar-refractivity contribution in [2.75, 3.05) is 26.0 Å². The number of carbonyl (C=O) groups is 2. The van der Waals surface area contributed by atoms with Crippen LogP contribution < -0.4 is 10.6 Å². The minimum absolute atomic E-state index is 0.00286. The molecule has 9 nitrogen and oxygen atoms in total. The minimum atomic E-state index is -4.06. The molecule has 2 aromatic rings. The van der Waals surface area contributed by atoms with Crippen LogP contribution in [0.4, 0.5) is 4.39 Å². The number of benzene rings is 1. The van der Waals surface area contributed by atoms with Crippen molar-refractivity contribution in [3.8, 4) is 0 Å². The van der Waals surface area contributed by atoms with E-state index >= 15 is 4.39 Å². The maximum atomic E-state index is 15.3. The Hall–Kier alpha value is -3.22. The summed E-state index contributed by atoms with van der Waals surface area (Å²) in [5.41, 5.74) is 2.05. The van der Waals surface area contributed by atoms with Crippen molar-refractivity contribution < 1.29 is 27.1 Å². The molecule has 0 bridgehead atoms. The monoisotopic (exact) mass is 572 g/mol. The molecule has 2 N–H and O–H groups in total. The Morgan fingerprint density at radius 1 is 1.18 bits per heavy atom. The maximum absolute atomic E-state index is 15.3. The van der Waals surface area contributed by atoms with E-state index < -0.39 is 38.5 Å². The van der Waals surface area contributed by atoms with Crippen LogP contribution in [-0.4, -0.2) is 63.0 Å². The SMILES string of the molecule is COCCS(=O)(=O)C(C(=O)NCC(=O)NC1CC1)c1nc2cc(F)c(C3=CN=C(C4CC4)/C=C/C=C3)cc2s1. The highest BCUT2D eigenvalue weighted by Crippen LogP contribution is 2.35. The van der Waals surface area contributed by atoms with Gasteiger partial charge in [-0.15, -0.1) is 11.3 Å². The van der Waals surface area contributed by atoms with E-state index in [1.807, 2.05) is 18.2 Å². The van der Waals surface area contributed by atoms with E-state index in [0.29, 0.717) is 21.8 Å². The third-order valence-electron chi connectivity index (χ3n) is 6.57. The summed E-state index contributed by atoms with van der Waals surface area (Å²) in [6, 6.07) is 2.94. The second-order valence-electron chi connectivity index (χ2n) is 9.78. The van der Waals surface area contributed by atoms with Crippen molar-refractivity contribution in [2.45, 2.75) is 37.0 Å². The summed E-state index contributed by atoms with van der Waals surface area (Å²) < 4.78 is 47.1. The largest absolute Gasteiger partial charge is 0.384 e. The third-order valence-corrected chi connectivity index (χ3v) is 9.69. The molecule has 2 heterocycles. The number of thiazole rings is 1. The Balaban J connectivity index is 1.45. The molecule has 5 rings (SSSR count). The number of hydrogen-bond acceptors (Lipinski definition) is 8. The quantitative estimate of drug-likeness (QED) is 0.426. The molecular weight excluding hydrogens is 543 g/mol. The predicted octanol–water partition coefficient (Wildman–Crippen LogP) is 3.25. The second-order valence-corrected chi connectivity index (χ2v) is 13.0. The number of nitrogens with one attached hydrogen (secondary N) is 2. The van der Waals surface area contributed by atoms with E-state index in [0.717, 1.165) is 42.7 Å². The number of ether oxygens (including phenoxy) is 1. The lowest BCUT2D eigenvalue weighted by Crippen LogP contribution is -2.41. The first-order valence-corrected chi connectivity index (χ1v) is 15.3. The molecule has 39 heavy (non-hydrogen) atoms. The molecule has 3 aliphatic rings. The van der Waals surface area contributed by atoms with Crippen molar-refractivity contribution in [1.29, 1.82) is 0 Å². The van der Waals surface area contributed by atoms with Crippen LogP contribution in [0.5, 0.6) is 0 Å². The molecule has 206 valence electrons. The molecule has 2 aliphatic carbocycles. The number of fused-ring (bicyclic) bond motifs is 1. The Labute approximate surface area is 229 Å². The molecule has 2 saturated carbocycles. The lowest BCUT2D eigenvalue weighted by Gasteiger charge is -2.15. The lowest BCUT2D eigenvalue weighted by molar-refractivity contribution is -0.126. The van der Waals surface area contributed by atoms with Crippen LogP contribution in [0.15, 0.2) is 47.6 Å². The molecular formula is C27H29FN4O5S2. The van der Waals surface area contributed by atoms with Crippen LogP contribution in [-0.2, 0) is 24.2 Å². The first-order chi connectivity index (χ1) is 18.7. The van der Waals surface area contributed by atoms with E-state index in [4.69, 9.17) is 4.74 Å². The molecule has 0 spiro atoms. The standard InChI is InChI=1S/C27H29FN4O5S2/c1-37-10-11-39(35,36)25(26(34)30-15-24(33)31-18-8-9-18)27-32-22-13-20(28)19(12-23(22)38-27)17-4-2-3-5-21(29-14-17)16-6-7-16/h2-5,12-14,16,18,25H,6-11,15H2,1H3,(H,30,34)(H,31,33)/b3-2?,4-2?,5-3+,17-4?,17-14?,21-5?,29-14?,29-21?. The highest BCUT2D eigenvalue weighted by molar-refractivity contribution is 7.92. The molecule has 12 heteroatoms. The van der Waals surface area contributed by atoms with Crippen molar-refractivity contribution in [3.05, 3.63) is 59.0 Å². The zero-order valence-corrected chi connectivity index (χ0v) is 23.0. The summed E-state index contributed by atoms with van der Waals surface area (Å²) in [6.45, 7) is -0.468. The normalized spacial score (nSPS) is 19.0. The number of rotatable bonds is 11. The van der Waals surface area contributed by atoms with Crippen LogP contribution in [0.2, 0.25) is 0 Å². The first kappa shape index (κ1) is 27.4. The highest BCUT2D eigenvalue weighted by atomic mass is 32.2. The van der Waals surface area contributed by atoms with Gasteiger partial charge in [0.15, 0.2) is 15.1 Å². The molecule has 1 aromatic heterocycles. The highest BCUT2D eigenvalue weighted by Gasteiger charge is 2.37. The Kier molecular flexibility index (Phi) is 8.06. The summed E-state index contributed by atoms with van der Waals surface area (Å²) in [5.74, 6) is -1.78. The predicted molar refractivity (Wildman–Crippen MR) is 149 cm³/mol. The zero-order valence-electron chi connectivity index (χ0n) is 21.4. The number of nitrogens with zero attached hydrogens (tertiary/aromatic N) is 2. The zero-order chi connectivity index (χ0) is 27.6. The third kappa shape index (κ3) is 6.68. The molecule has 1 aromatic carbocycles. The van der Waals surface area contributed by atoms with Crippen molar-refractivity contribution in [2.24, 2.45) is 10.9 Å². The van der Waals surface area contributed by atoms with Gasteiger partial charge < -0.3 is 15.4 Å². The van der Waals surface area contributed by atoms with E-state index in [2.05, 4.69) is 20.6 Å². The number of hydrogen-bond donors (Lipinski definition) is 2. The molecule has 0 saturated heterocycles. The van der Waals surface area contributed by atoms with Gasteiger partial charge >= 0.3 is 0 Å². The number of aromatic nitrogens is 1. The summed E-state index contributed by atoms with van der Waals surface area (Å²) in [6.07, 6.45) is 13.0. The number of carbonyl (C=O) groups excluding carboxylic acids is 2. The first-order valence-electron chi connectivity index (χ1n) is 12.8. The average Bonchev–Trinajstić information content (AvgIpc) is 3.81. The molecule has 0 radical (unpaired) electrons. The van der Waals surface area contributed by atoms with Crippen molar-refractivity contribution in [3.63, 3.8) is 0 Å². The maximum Gasteiger partial charge on any atom is 0.245 e. The van der Waals surface area contributed by atoms with Gasteiger partial charge in [-0.25, -0.2) is 17.8 Å². The van der Waals surface area contributed by atoms with Gasteiger partial charge in [-0.1, -0.05) is 18.2 Å². The summed E-state index contributed by atoms with van der Waals surface area (Å²) >= 11 is 1.00. The van der Waals surface area contributed by atoms with E-state index in [-0.39, 0.29) is 29.7 Å². The van der Waals surface area contributed by atoms with Gasteiger partial charge in [0.2, 0.25) is 11.8 Å². The summed E-state index contributed by atoms with van der Waals surface area (Å²) in [5, 5.41) is 3.51. The van der Waals surface area contributed by atoms with Crippen LogP contribution in [0.3, 0.4) is 0 Å². The summed E-state index contributed by atoms with van der Waals surface area (Å²) in [7, 11) is -2.70. The van der Waals surface area contributed by atoms with Gasteiger partial charge in [0, 0.05) is 48.2 Å². The van der Waals surface area contributed by atoms with E-state index in [1.54, 1.807) is 18.3 Å². The van der Waals surface area contributed by atoms with Crippen molar-refractivity contribution in [1.82, 2.24) is 15.6 Å². The minimum Gasteiger partial charge on any atom is -0.384 e. The fourth-order valence-electron chi connectivity index (χ4n) is 4.14. The summed E-state index contributed by atoms with van der Waals surface area (Å²) in [4.78, 5) is 34.1. The molecule has 1 atom stereocenters. The number of halogens is 1. The topological polar surface area (TPSA) is 127 Å². The molecule has 2 fully saturated rings. The molecule has 1 aliphatic heterocycles. The Morgan fingerprint density at radius 2 is 1.95 bits per heavy atom. The molecule has 1 unspecified atom stereocenters. The van der Waals surface area contributed by atoms with Gasteiger partial charge in [-0.05, 0) is 37.8 Å². The number of aliphatic imine (C=N–C) groups is 1. The number of methoxy groups -OCH3 is 1.